The Bertz CT molecular complexity index is 1470. The van der Waals surface area contributed by atoms with Gasteiger partial charge in [-0.05, 0) is 69.6 Å². The van der Waals surface area contributed by atoms with Crippen molar-refractivity contribution in [3.63, 3.8) is 0 Å². The smallest absolute Gasteiger partial charge is 0.409 e. The Morgan fingerprint density at radius 2 is 1.90 bits per heavy atom. The van der Waals surface area contributed by atoms with Gasteiger partial charge in [0.05, 0.1) is 31.2 Å². The fourth-order valence-corrected chi connectivity index (χ4v) is 7.96. The van der Waals surface area contributed by atoms with Crippen molar-refractivity contribution in [1.82, 2.24) is 5.32 Å². The summed E-state index contributed by atoms with van der Waals surface area (Å²) in [6, 6.07) is 3.68. The summed E-state index contributed by atoms with van der Waals surface area (Å²) < 4.78 is 29.5. The predicted molar refractivity (Wildman–Crippen MR) is 184 cm³/mol. The lowest BCUT2D eigenvalue weighted by molar-refractivity contribution is -0.160. The third kappa shape index (κ3) is 7.95. The first kappa shape index (κ1) is 37.1. The fourth-order valence-electron chi connectivity index (χ4n) is 7.65. The zero-order chi connectivity index (χ0) is 35.7. The summed E-state index contributed by atoms with van der Waals surface area (Å²) in [4.78, 5) is 42.0. The van der Waals surface area contributed by atoms with Gasteiger partial charge in [0.1, 0.15) is 34.7 Å². The van der Waals surface area contributed by atoms with Crippen LogP contribution in [0.4, 0.5) is 10.5 Å². The Labute approximate surface area is 294 Å². The van der Waals surface area contributed by atoms with Crippen molar-refractivity contribution in [3.8, 4) is 5.75 Å². The molecule has 3 heterocycles. The number of nitrogens with one attached hydrogen (secondary N) is 1. The number of carbonyl (C=O) groups is 3. The van der Waals surface area contributed by atoms with Crippen LogP contribution in [0, 0.1) is 17.8 Å². The first-order valence-electron chi connectivity index (χ1n) is 17.3. The van der Waals surface area contributed by atoms with Gasteiger partial charge in [-0.25, -0.2) is 4.79 Å². The number of methoxy groups -OCH3 is 2. The molecule has 1 aromatic rings. The number of alkyl carbamates (subject to hydrolysis) is 1. The number of fused-ring (bicyclic) bond motifs is 5. The molecule has 3 aliphatic heterocycles. The molecular weight excluding hydrogens is 652 g/mol. The van der Waals surface area contributed by atoms with E-state index in [1.807, 2.05) is 39.0 Å². The highest BCUT2D eigenvalue weighted by Crippen LogP contribution is 2.49. The molecule has 7 atom stereocenters. The number of allylic oxidation sites excluding steroid dienone is 3. The van der Waals surface area contributed by atoms with Crippen LogP contribution < -0.4 is 15.0 Å². The van der Waals surface area contributed by atoms with Gasteiger partial charge in [0.2, 0.25) is 5.91 Å². The van der Waals surface area contributed by atoms with E-state index in [9.17, 15) is 19.5 Å². The van der Waals surface area contributed by atoms with Crippen molar-refractivity contribution in [3.05, 3.63) is 46.5 Å². The molecule has 4 aliphatic rings. The van der Waals surface area contributed by atoms with Gasteiger partial charge < -0.3 is 33.7 Å². The number of esters is 1. The second kappa shape index (κ2) is 15.0. The van der Waals surface area contributed by atoms with Crippen LogP contribution in [0.15, 0.2) is 35.9 Å². The molecule has 0 aromatic heterocycles. The lowest BCUT2D eigenvalue weighted by atomic mass is 9.80. The molecule has 1 aromatic carbocycles. The van der Waals surface area contributed by atoms with Gasteiger partial charge in [-0.15, -0.1) is 0 Å². The molecule has 4 bridgehead atoms. The molecule has 270 valence electrons. The minimum atomic E-state index is -1.77. The van der Waals surface area contributed by atoms with Crippen molar-refractivity contribution < 1.29 is 43.2 Å². The van der Waals surface area contributed by atoms with Crippen molar-refractivity contribution in [2.75, 3.05) is 26.2 Å². The number of benzene rings is 1. The number of nitrogens with zero attached hydrogens (tertiary/aromatic N) is 1. The van der Waals surface area contributed by atoms with E-state index in [4.69, 9.17) is 35.3 Å². The highest BCUT2D eigenvalue weighted by atomic mass is 35.5. The molecule has 49 heavy (non-hydrogen) atoms. The number of carbonyl (C=O) groups excluding carboxylic acids is 3. The van der Waals surface area contributed by atoms with Crippen molar-refractivity contribution >= 4 is 35.3 Å². The zero-order valence-corrected chi connectivity index (χ0v) is 30.4. The zero-order valence-electron chi connectivity index (χ0n) is 29.6. The molecule has 1 saturated carbocycles. The monoisotopic (exact) mass is 702 g/mol. The average molecular weight is 703 g/mol. The molecule has 11 nitrogen and oxygen atoms in total. The maximum Gasteiger partial charge on any atom is 0.409 e. The number of ether oxygens (including phenoxy) is 5. The number of amides is 2. The number of hydrogen-bond donors (Lipinski definition) is 2. The van der Waals surface area contributed by atoms with Gasteiger partial charge in [-0.2, -0.15) is 0 Å². The third-order valence-corrected chi connectivity index (χ3v) is 11.3. The van der Waals surface area contributed by atoms with Crippen LogP contribution in [0.25, 0.3) is 0 Å². The van der Waals surface area contributed by atoms with Crippen molar-refractivity contribution in [2.24, 2.45) is 17.8 Å². The normalized spacial score (nSPS) is 37.1. The van der Waals surface area contributed by atoms with Gasteiger partial charge in [-0.3, -0.25) is 14.9 Å². The highest BCUT2D eigenvalue weighted by Gasteiger charge is 2.64. The van der Waals surface area contributed by atoms with Crippen molar-refractivity contribution in [1.29, 1.82) is 0 Å². The Hall–Kier alpha value is -3.12. The predicted octanol–water partition coefficient (Wildman–Crippen LogP) is 5.88. The summed E-state index contributed by atoms with van der Waals surface area (Å²) in [7, 11) is 4.62. The van der Waals surface area contributed by atoms with Crippen LogP contribution in [0.1, 0.15) is 78.2 Å². The van der Waals surface area contributed by atoms with E-state index in [0.29, 0.717) is 23.8 Å². The highest BCUT2D eigenvalue weighted by molar-refractivity contribution is 6.35. The first-order chi connectivity index (χ1) is 23.2. The molecule has 0 radical (unpaired) electrons. The number of rotatable bonds is 5. The molecule has 5 rings (SSSR count). The Kier molecular flexibility index (Phi) is 11.4. The standard InChI is InChI=1S/C37H51ClN2O9/c1-8-23-12-14-25(15-13-23)34(42)48-30-19-31(41)40(5)26-17-24(18-27(45-6)32(26)38)16-21(2)10-9-11-29(46-7)37(44)20-28(47-35(43)39-37)22(3)33-36(30,4)49-33/h9-11,17-18,22-23,25,28-30,33,44H,8,12-16,19-20H2,1-7H3,(H,39,43)/b11-9+,21-10+/t22-,23-,25-,28+,29-,30+,33+,36+,37+/m1/s1. The largest absolute Gasteiger partial charge is 0.495 e. The number of halogens is 1. The lowest BCUT2D eigenvalue weighted by Crippen LogP contribution is -2.63. The number of aliphatic hydroxyl groups is 1. The SMILES string of the molecule is CC[C@H]1CC[C@H](C(=O)O[C@H]2CC(=O)N(C)c3cc(cc(OC)c3Cl)C/C(C)=C/C=C/[C@@H](OC)[C@@]3(O)C[C@H](OC(=O)N3)[C@@H](C)[C@@H]3O[C@@]23C)CC1. The Morgan fingerprint density at radius 1 is 1.18 bits per heavy atom. The lowest BCUT2D eigenvalue weighted by Gasteiger charge is -2.42. The van der Waals surface area contributed by atoms with E-state index in [2.05, 4.69) is 12.2 Å². The van der Waals surface area contributed by atoms with Crippen LogP contribution in [0.5, 0.6) is 5.75 Å². The second-order valence-corrected chi connectivity index (χ2v) is 14.7. The maximum absolute atomic E-state index is 14.1. The van der Waals surface area contributed by atoms with E-state index in [1.54, 1.807) is 19.2 Å². The second-order valence-electron chi connectivity index (χ2n) is 14.3. The van der Waals surface area contributed by atoms with Gasteiger partial charge in [0.15, 0.2) is 5.72 Å². The molecule has 2 amide bonds. The summed E-state index contributed by atoms with van der Waals surface area (Å²) in [5.74, 6) is -0.321. The number of epoxide rings is 1. The molecule has 0 spiro atoms. The van der Waals surface area contributed by atoms with Gasteiger partial charge in [-0.1, -0.05) is 55.7 Å². The fraction of sp³-hybridized carbons (Fsp3) is 0.649. The quantitative estimate of drug-likeness (QED) is 0.285. The van der Waals surface area contributed by atoms with E-state index in [1.165, 1.54) is 19.1 Å². The molecular formula is C37H51ClN2O9. The van der Waals surface area contributed by atoms with E-state index in [0.717, 1.165) is 43.2 Å². The van der Waals surface area contributed by atoms with Crippen LogP contribution in [0.2, 0.25) is 5.02 Å². The molecule has 12 heteroatoms. The molecule has 2 saturated heterocycles. The van der Waals surface area contributed by atoms with E-state index in [-0.39, 0.29) is 35.7 Å². The van der Waals surface area contributed by atoms with Crippen LogP contribution in [0.3, 0.4) is 0 Å². The van der Waals surface area contributed by atoms with Gasteiger partial charge in [0, 0.05) is 26.5 Å². The minimum absolute atomic E-state index is 0.0122. The summed E-state index contributed by atoms with van der Waals surface area (Å²) in [5.41, 5.74) is -0.543. The maximum atomic E-state index is 14.1. The number of anilines is 1. The Balaban J connectivity index is 1.52. The molecule has 0 unspecified atom stereocenters. The molecule has 3 fully saturated rings. The van der Waals surface area contributed by atoms with Crippen LogP contribution in [-0.4, -0.2) is 80.1 Å². The van der Waals surface area contributed by atoms with Gasteiger partial charge >= 0.3 is 12.1 Å². The van der Waals surface area contributed by atoms with E-state index >= 15 is 0 Å². The minimum Gasteiger partial charge on any atom is -0.495 e. The number of hydrogen-bond acceptors (Lipinski definition) is 9. The van der Waals surface area contributed by atoms with Crippen molar-refractivity contribution in [2.45, 2.75) is 115 Å². The Morgan fingerprint density at radius 3 is 2.55 bits per heavy atom. The topological polar surface area (TPSA) is 136 Å². The summed E-state index contributed by atoms with van der Waals surface area (Å²) in [6.45, 7) is 7.80. The molecule has 2 N–H and O–H groups in total. The van der Waals surface area contributed by atoms with Crippen LogP contribution in [-0.2, 0) is 35.0 Å². The third-order valence-electron chi connectivity index (χ3n) is 11.0. The molecule has 1 aliphatic carbocycles. The average Bonchev–Trinajstić information content (AvgIpc) is 3.77. The first-order valence-corrected chi connectivity index (χ1v) is 17.7. The van der Waals surface area contributed by atoms with Crippen LogP contribution >= 0.6 is 11.6 Å². The summed E-state index contributed by atoms with van der Waals surface area (Å²) >= 11 is 6.77. The summed E-state index contributed by atoms with van der Waals surface area (Å²) in [5, 5.41) is 14.5. The van der Waals surface area contributed by atoms with Gasteiger partial charge in [0.25, 0.3) is 0 Å². The summed E-state index contributed by atoms with van der Waals surface area (Å²) in [6.07, 6.45) is 6.26. The van der Waals surface area contributed by atoms with E-state index < -0.39 is 47.8 Å².